The zero-order valence-electron chi connectivity index (χ0n) is 10.4. The summed E-state index contributed by atoms with van der Waals surface area (Å²) in [6.45, 7) is 3.42. The molecule has 3 aromatic heterocycles. The Bertz CT molecular complexity index is 662. The first-order chi connectivity index (χ1) is 8.81. The molecule has 0 unspecified atom stereocenters. The fourth-order valence-corrected chi connectivity index (χ4v) is 5.08. The van der Waals surface area contributed by atoms with Crippen LogP contribution in [0.2, 0.25) is 0 Å². The highest BCUT2D eigenvalue weighted by molar-refractivity contribution is 9.11. The van der Waals surface area contributed by atoms with E-state index in [1.165, 1.54) is 49.9 Å². The Balaban J connectivity index is 1.97. The average molecular weight is 342 g/mol. The largest absolute Gasteiger partial charge is 0.331 e. The smallest absolute Gasteiger partial charge is 0.104 e. The molecule has 0 N–H and O–H groups in total. The molecule has 1 nitrogen and oxygen atoms in total. The van der Waals surface area contributed by atoms with Crippen molar-refractivity contribution >= 4 is 59.0 Å². The van der Waals surface area contributed by atoms with Crippen LogP contribution in [0.15, 0.2) is 21.3 Å². The lowest BCUT2D eigenvalue weighted by Crippen LogP contribution is -1.95. The lowest BCUT2D eigenvalue weighted by atomic mass is 10.2. The van der Waals surface area contributed by atoms with Gasteiger partial charge in [-0.25, -0.2) is 0 Å². The van der Waals surface area contributed by atoms with Crippen LogP contribution in [0.5, 0.6) is 0 Å². The monoisotopic (exact) mass is 341 g/mol. The van der Waals surface area contributed by atoms with Crippen molar-refractivity contribution in [2.45, 2.75) is 39.2 Å². The molecule has 3 aromatic rings. The Kier molecular flexibility index (Phi) is 3.78. The summed E-state index contributed by atoms with van der Waals surface area (Å²) in [5.41, 5.74) is 1.41. The summed E-state index contributed by atoms with van der Waals surface area (Å²) < 4.78 is 5.18. The SMILES string of the molecule is CCCCCCn1c2cc(Br)sc2c2ccsc21. The highest BCUT2D eigenvalue weighted by atomic mass is 79.9. The van der Waals surface area contributed by atoms with Gasteiger partial charge in [0.15, 0.2) is 0 Å². The molecule has 4 heteroatoms. The molecule has 18 heavy (non-hydrogen) atoms. The van der Waals surface area contributed by atoms with E-state index in [-0.39, 0.29) is 0 Å². The molecule has 0 atom stereocenters. The van der Waals surface area contributed by atoms with Crippen molar-refractivity contribution in [2.24, 2.45) is 0 Å². The third-order valence-corrected chi connectivity index (χ3v) is 5.94. The number of rotatable bonds is 5. The number of hydrogen-bond acceptors (Lipinski definition) is 2. The van der Waals surface area contributed by atoms with Gasteiger partial charge >= 0.3 is 0 Å². The summed E-state index contributed by atoms with van der Waals surface area (Å²) in [4.78, 5) is 1.44. The second-order valence-corrected chi connectivity index (χ2v) is 7.94. The lowest BCUT2D eigenvalue weighted by Gasteiger charge is -2.04. The normalized spacial score (nSPS) is 11.9. The summed E-state index contributed by atoms with van der Waals surface area (Å²) in [6, 6.07) is 4.53. The molecule has 0 bridgehead atoms. The predicted octanol–water partition coefficient (Wildman–Crippen LogP) is 6.26. The summed E-state index contributed by atoms with van der Waals surface area (Å²) in [5, 5.41) is 3.64. The molecule has 0 fully saturated rings. The van der Waals surface area contributed by atoms with E-state index in [2.05, 4.69) is 44.9 Å². The Morgan fingerprint density at radius 1 is 1.28 bits per heavy atom. The number of nitrogens with zero attached hydrogens (tertiary/aromatic N) is 1. The van der Waals surface area contributed by atoms with Crippen LogP contribution in [0.1, 0.15) is 32.6 Å². The van der Waals surface area contributed by atoms with Crippen molar-refractivity contribution in [1.29, 1.82) is 0 Å². The maximum atomic E-state index is 3.61. The minimum absolute atomic E-state index is 1.16. The zero-order chi connectivity index (χ0) is 12.5. The summed E-state index contributed by atoms with van der Waals surface area (Å²) >= 11 is 7.34. The van der Waals surface area contributed by atoms with Crippen LogP contribution in [-0.4, -0.2) is 4.57 Å². The van der Waals surface area contributed by atoms with Gasteiger partial charge in [0.1, 0.15) is 4.83 Å². The second-order valence-electron chi connectivity index (χ2n) is 4.62. The summed E-state index contributed by atoms with van der Waals surface area (Å²) in [6.07, 6.45) is 5.29. The number of aryl methyl sites for hydroxylation is 1. The summed E-state index contributed by atoms with van der Waals surface area (Å²) in [7, 11) is 0. The number of thiophene rings is 2. The Hall–Kier alpha value is -0.320. The topological polar surface area (TPSA) is 4.93 Å². The fraction of sp³-hybridized carbons (Fsp3) is 0.429. The lowest BCUT2D eigenvalue weighted by molar-refractivity contribution is 0.604. The van der Waals surface area contributed by atoms with Gasteiger partial charge in [0.25, 0.3) is 0 Å². The van der Waals surface area contributed by atoms with E-state index in [0.29, 0.717) is 0 Å². The number of hydrogen-bond donors (Lipinski definition) is 0. The fourth-order valence-electron chi connectivity index (χ4n) is 2.46. The Labute approximate surface area is 124 Å². The van der Waals surface area contributed by atoms with Gasteiger partial charge in [-0.1, -0.05) is 26.2 Å². The van der Waals surface area contributed by atoms with Gasteiger partial charge in [0, 0.05) is 11.9 Å². The van der Waals surface area contributed by atoms with Crippen LogP contribution in [0.25, 0.3) is 20.4 Å². The van der Waals surface area contributed by atoms with Crippen molar-refractivity contribution in [3.8, 4) is 0 Å². The molecule has 0 saturated carbocycles. The number of aromatic nitrogens is 1. The predicted molar refractivity (Wildman–Crippen MR) is 87.0 cm³/mol. The van der Waals surface area contributed by atoms with Crippen LogP contribution in [0.3, 0.4) is 0 Å². The molecule has 0 radical (unpaired) electrons. The molecule has 0 amide bonds. The average Bonchev–Trinajstić information content (AvgIpc) is 2.99. The van der Waals surface area contributed by atoms with Crippen molar-refractivity contribution in [2.75, 3.05) is 0 Å². The summed E-state index contributed by atoms with van der Waals surface area (Å²) in [5.74, 6) is 0. The van der Waals surface area contributed by atoms with Crippen LogP contribution >= 0.6 is 38.6 Å². The molecule has 3 heterocycles. The van der Waals surface area contributed by atoms with Crippen LogP contribution in [0.4, 0.5) is 0 Å². The maximum Gasteiger partial charge on any atom is 0.104 e. The van der Waals surface area contributed by atoms with Gasteiger partial charge in [-0.3, -0.25) is 0 Å². The van der Waals surface area contributed by atoms with Gasteiger partial charge in [-0.15, -0.1) is 22.7 Å². The van der Waals surface area contributed by atoms with Gasteiger partial charge in [-0.05, 0) is 39.9 Å². The van der Waals surface area contributed by atoms with Gasteiger partial charge in [0.2, 0.25) is 0 Å². The molecule has 0 aliphatic carbocycles. The van der Waals surface area contributed by atoms with Crippen LogP contribution in [0, 0.1) is 0 Å². The zero-order valence-corrected chi connectivity index (χ0v) is 13.6. The third-order valence-electron chi connectivity index (χ3n) is 3.34. The standard InChI is InChI=1S/C14H16BrNS2/c1-2-3-4-5-7-16-11-9-12(15)18-13(11)10-6-8-17-14(10)16/h6,8-9H,2-5,7H2,1H3. The van der Waals surface area contributed by atoms with E-state index in [0.717, 1.165) is 6.54 Å². The molecule has 0 spiro atoms. The first-order valence-corrected chi connectivity index (χ1v) is 8.95. The quantitative estimate of drug-likeness (QED) is 0.482. The van der Waals surface area contributed by atoms with Crippen molar-refractivity contribution in [3.63, 3.8) is 0 Å². The van der Waals surface area contributed by atoms with E-state index in [1.54, 1.807) is 0 Å². The highest BCUT2D eigenvalue weighted by Crippen LogP contribution is 2.40. The molecular weight excluding hydrogens is 326 g/mol. The molecule has 0 aliphatic rings. The second kappa shape index (κ2) is 5.35. The van der Waals surface area contributed by atoms with Crippen molar-refractivity contribution < 1.29 is 0 Å². The molecule has 0 saturated heterocycles. The highest BCUT2D eigenvalue weighted by Gasteiger charge is 2.14. The maximum absolute atomic E-state index is 3.61. The first kappa shape index (κ1) is 12.7. The van der Waals surface area contributed by atoms with E-state index in [4.69, 9.17) is 0 Å². The minimum atomic E-state index is 1.16. The number of halogens is 1. The van der Waals surface area contributed by atoms with E-state index in [1.807, 2.05) is 22.7 Å². The van der Waals surface area contributed by atoms with Crippen LogP contribution in [-0.2, 0) is 6.54 Å². The third kappa shape index (κ3) is 2.15. The Morgan fingerprint density at radius 3 is 3.00 bits per heavy atom. The molecular formula is C14H16BrNS2. The van der Waals surface area contributed by atoms with Gasteiger partial charge in [-0.2, -0.15) is 0 Å². The van der Waals surface area contributed by atoms with Crippen molar-refractivity contribution in [1.82, 2.24) is 4.57 Å². The molecule has 0 aliphatic heterocycles. The van der Waals surface area contributed by atoms with E-state index in [9.17, 15) is 0 Å². The van der Waals surface area contributed by atoms with E-state index < -0.39 is 0 Å². The molecule has 3 rings (SSSR count). The van der Waals surface area contributed by atoms with Crippen molar-refractivity contribution in [3.05, 3.63) is 21.3 Å². The van der Waals surface area contributed by atoms with Crippen LogP contribution < -0.4 is 0 Å². The first-order valence-electron chi connectivity index (χ1n) is 6.46. The number of unbranched alkanes of at least 4 members (excludes halogenated alkanes) is 3. The molecule has 96 valence electrons. The van der Waals surface area contributed by atoms with E-state index >= 15 is 0 Å². The number of fused-ring (bicyclic) bond motifs is 3. The molecule has 0 aromatic carbocycles. The van der Waals surface area contributed by atoms with Gasteiger partial charge < -0.3 is 4.57 Å². The minimum Gasteiger partial charge on any atom is -0.331 e. The van der Waals surface area contributed by atoms with Gasteiger partial charge in [0.05, 0.1) is 14.0 Å². The Morgan fingerprint density at radius 2 is 2.17 bits per heavy atom.